The number of benzene rings is 2. The number of hydrogen-bond donors (Lipinski definition) is 2. The first-order valence-corrected chi connectivity index (χ1v) is 8.39. The van der Waals surface area contributed by atoms with E-state index in [0.29, 0.717) is 22.2 Å². The summed E-state index contributed by atoms with van der Waals surface area (Å²) in [6.45, 7) is 0. The molecule has 0 saturated carbocycles. The van der Waals surface area contributed by atoms with Gasteiger partial charge in [0.25, 0.3) is 0 Å². The molecule has 0 saturated heterocycles. The first-order valence-electron chi connectivity index (χ1n) is 7.64. The van der Waals surface area contributed by atoms with Gasteiger partial charge in [0.05, 0.1) is 10.7 Å². The fourth-order valence-corrected chi connectivity index (χ4v) is 2.43. The Balaban J connectivity index is 1.69. The van der Waals surface area contributed by atoms with Crippen molar-refractivity contribution in [2.45, 2.75) is 19.3 Å². The summed E-state index contributed by atoms with van der Waals surface area (Å²) < 4.78 is 0. The lowest BCUT2D eigenvalue weighted by atomic mass is 10.2. The summed E-state index contributed by atoms with van der Waals surface area (Å²) in [5, 5.41) is 7.32. The highest BCUT2D eigenvalue weighted by Gasteiger charge is 2.09. The third-order valence-corrected chi connectivity index (χ3v) is 3.78. The number of hydrazone groups is 1. The van der Waals surface area contributed by atoms with Crippen molar-refractivity contribution in [2.75, 3.05) is 5.32 Å². The molecule has 0 spiro atoms. The van der Waals surface area contributed by atoms with Gasteiger partial charge in [0, 0.05) is 30.5 Å². The van der Waals surface area contributed by atoms with E-state index >= 15 is 0 Å². The largest absolute Gasteiger partial charge is 0.325 e. The van der Waals surface area contributed by atoms with Crippen LogP contribution in [0.5, 0.6) is 0 Å². The van der Waals surface area contributed by atoms with Crippen molar-refractivity contribution in [1.82, 2.24) is 5.43 Å². The summed E-state index contributed by atoms with van der Waals surface area (Å²) in [5.74, 6) is -0.644. The average Bonchev–Trinajstić information content (AvgIpc) is 2.60. The van der Waals surface area contributed by atoms with Gasteiger partial charge in [0.2, 0.25) is 11.8 Å². The molecule has 0 aliphatic rings. The molecule has 2 rings (SSSR count). The second-order valence-corrected chi connectivity index (χ2v) is 6.05. The van der Waals surface area contributed by atoms with Crippen LogP contribution >= 0.6 is 23.2 Å². The van der Waals surface area contributed by atoms with Gasteiger partial charge in [0.1, 0.15) is 0 Å². The number of nitrogens with one attached hydrogen (secondary N) is 2. The van der Waals surface area contributed by atoms with Crippen LogP contribution in [0.3, 0.4) is 0 Å². The zero-order chi connectivity index (χ0) is 18.1. The van der Waals surface area contributed by atoms with Crippen LogP contribution in [0.1, 0.15) is 18.4 Å². The molecule has 2 aromatic carbocycles. The van der Waals surface area contributed by atoms with Crippen molar-refractivity contribution in [3.05, 3.63) is 64.1 Å². The Hall–Kier alpha value is -2.37. The number of carbonyl (C=O) groups is 2. The second kappa shape index (κ2) is 9.81. The van der Waals surface area contributed by atoms with Crippen LogP contribution in [0.15, 0.2) is 53.6 Å². The van der Waals surface area contributed by atoms with Crippen molar-refractivity contribution in [3.8, 4) is 0 Å². The van der Waals surface area contributed by atoms with E-state index in [4.69, 9.17) is 23.2 Å². The molecule has 0 bridgehead atoms. The zero-order valence-electron chi connectivity index (χ0n) is 13.3. The van der Waals surface area contributed by atoms with E-state index in [9.17, 15) is 9.59 Å². The maximum absolute atomic E-state index is 11.8. The van der Waals surface area contributed by atoms with Crippen molar-refractivity contribution in [3.63, 3.8) is 0 Å². The third-order valence-electron chi connectivity index (χ3n) is 3.23. The molecule has 0 radical (unpaired) electrons. The van der Waals surface area contributed by atoms with Crippen LogP contribution in [-0.2, 0) is 16.0 Å². The Morgan fingerprint density at radius 2 is 1.72 bits per heavy atom. The molecule has 2 N–H and O–H groups in total. The minimum atomic E-state index is -0.332. The lowest BCUT2D eigenvalue weighted by molar-refractivity contribution is -0.124. The van der Waals surface area contributed by atoms with Gasteiger partial charge in [-0.15, -0.1) is 0 Å². The van der Waals surface area contributed by atoms with Gasteiger partial charge in [-0.1, -0.05) is 53.5 Å². The second-order valence-electron chi connectivity index (χ2n) is 5.21. The standard InChI is InChI=1S/C18H17Cl2N3O2/c19-14-6-7-16(15(20)12-14)22-17(24)8-9-18(25)23-21-11-10-13-4-2-1-3-5-13/h1-7,11-12H,8-10H2,(H,22,24)(H,23,25)/b21-11+. The topological polar surface area (TPSA) is 70.6 Å². The summed E-state index contributed by atoms with van der Waals surface area (Å²) >= 11 is 11.8. The molecular weight excluding hydrogens is 361 g/mol. The Morgan fingerprint density at radius 3 is 2.44 bits per heavy atom. The van der Waals surface area contributed by atoms with Crippen molar-refractivity contribution < 1.29 is 9.59 Å². The molecule has 0 atom stereocenters. The van der Waals surface area contributed by atoms with Crippen molar-refractivity contribution in [2.24, 2.45) is 5.10 Å². The molecule has 0 fully saturated rings. The summed E-state index contributed by atoms with van der Waals surface area (Å²) in [5.41, 5.74) is 3.95. The van der Waals surface area contributed by atoms with Gasteiger partial charge in [-0.2, -0.15) is 5.10 Å². The monoisotopic (exact) mass is 377 g/mol. The van der Waals surface area contributed by atoms with Gasteiger partial charge in [0.15, 0.2) is 0 Å². The third kappa shape index (κ3) is 6.95. The van der Waals surface area contributed by atoms with Crippen molar-refractivity contribution >= 4 is 46.9 Å². The van der Waals surface area contributed by atoms with Gasteiger partial charge >= 0.3 is 0 Å². The first-order chi connectivity index (χ1) is 12.0. The lowest BCUT2D eigenvalue weighted by Crippen LogP contribution is -2.20. The highest BCUT2D eigenvalue weighted by molar-refractivity contribution is 6.36. The Bertz CT molecular complexity index is 764. The van der Waals surface area contributed by atoms with Crippen LogP contribution < -0.4 is 10.7 Å². The summed E-state index contributed by atoms with van der Waals surface area (Å²) in [4.78, 5) is 23.5. The van der Waals surface area contributed by atoms with E-state index < -0.39 is 0 Å². The predicted octanol–water partition coefficient (Wildman–Crippen LogP) is 4.06. The molecule has 5 nitrogen and oxygen atoms in total. The van der Waals surface area contributed by atoms with Gasteiger partial charge in [-0.05, 0) is 23.8 Å². The highest BCUT2D eigenvalue weighted by Crippen LogP contribution is 2.25. The highest BCUT2D eigenvalue weighted by atomic mass is 35.5. The summed E-state index contributed by atoms with van der Waals surface area (Å²) in [7, 11) is 0. The zero-order valence-corrected chi connectivity index (χ0v) is 14.8. The van der Waals surface area contributed by atoms with Crippen molar-refractivity contribution in [1.29, 1.82) is 0 Å². The van der Waals surface area contributed by atoms with Crippen LogP contribution in [0.25, 0.3) is 0 Å². The maximum atomic E-state index is 11.8. The number of carbonyl (C=O) groups excluding carboxylic acids is 2. The minimum Gasteiger partial charge on any atom is -0.325 e. The fourth-order valence-electron chi connectivity index (χ4n) is 1.97. The SMILES string of the molecule is O=C(CCC(=O)Nc1ccc(Cl)cc1Cl)N/N=C/Cc1ccccc1. The Morgan fingerprint density at radius 1 is 1.00 bits per heavy atom. The Labute approximate surface area is 156 Å². The van der Waals surface area contributed by atoms with E-state index in [0.717, 1.165) is 5.56 Å². The molecule has 2 amide bonds. The van der Waals surface area contributed by atoms with E-state index in [-0.39, 0.29) is 24.7 Å². The summed E-state index contributed by atoms with van der Waals surface area (Å²) in [6, 6.07) is 14.5. The molecule has 0 aromatic heterocycles. The molecule has 0 aliphatic carbocycles. The van der Waals surface area contributed by atoms with Gasteiger partial charge in [-0.3, -0.25) is 9.59 Å². The number of amides is 2. The summed E-state index contributed by atoms with van der Waals surface area (Å²) in [6.07, 6.45) is 2.29. The maximum Gasteiger partial charge on any atom is 0.240 e. The van der Waals surface area contributed by atoms with Gasteiger partial charge < -0.3 is 5.32 Å². The quantitative estimate of drug-likeness (QED) is 0.564. The predicted molar refractivity (Wildman–Crippen MR) is 101 cm³/mol. The molecule has 0 aliphatic heterocycles. The van der Waals surface area contributed by atoms with Crippen LogP contribution in [0, 0.1) is 0 Å². The van der Waals surface area contributed by atoms with E-state index in [1.54, 1.807) is 18.3 Å². The van der Waals surface area contributed by atoms with Crippen LogP contribution in [0.4, 0.5) is 5.69 Å². The van der Waals surface area contributed by atoms with Gasteiger partial charge in [-0.25, -0.2) is 5.43 Å². The molecule has 0 unspecified atom stereocenters. The van der Waals surface area contributed by atoms with E-state index in [2.05, 4.69) is 15.8 Å². The Kier molecular flexibility index (Phi) is 7.44. The van der Waals surface area contributed by atoms with Crippen LogP contribution in [-0.4, -0.2) is 18.0 Å². The lowest BCUT2D eigenvalue weighted by Gasteiger charge is -2.07. The number of hydrogen-bond acceptors (Lipinski definition) is 3. The number of nitrogens with zero attached hydrogens (tertiary/aromatic N) is 1. The average molecular weight is 378 g/mol. The number of rotatable bonds is 7. The molecule has 0 heterocycles. The number of anilines is 1. The molecule has 7 heteroatoms. The van der Waals surface area contributed by atoms with E-state index in [1.807, 2.05) is 30.3 Å². The molecule has 2 aromatic rings. The molecular formula is C18H17Cl2N3O2. The molecule has 25 heavy (non-hydrogen) atoms. The smallest absolute Gasteiger partial charge is 0.240 e. The van der Waals surface area contributed by atoms with Crippen LogP contribution in [0.2, 0.25) is 10.0 Å². The first kappa shape index (κ1) is 19.0. The fraction of sp³-hybridized carbons (Fsp3) is 0.167. The molecule has 130 valence electrons. The minimum absolute atomic E-state index is 0.0268. The number of halogens is 2. The normalized spacial score (nSPS) is 10.6. The van der Waals surface area contributed by atoms with E-state index in [1.165, 1.54) is 6.07 Å².